The molecule has 2 N–H and O–H groups in total. The van der Waals surface area contributed by atoms with E-state index in [1.807, 2.05) is 43.3 Å². The molecule has 9 heteroatoms. The van der Waals surface area contributed by atoms with Crippen LogP contribution in [0.2, 0.25) is 5.02 Å². The van der Waals surface area contributed by atoms with E-state index in [2.05, 4.69) is 47.7 Å². The molecule has 32 heavy (non-hydrogen) atoms. The van der Waals surface area contributed by atoms with Gasteiger partial charge in [-0.3, -0.25) is 0 Å². The molecule has 166 valence electrons. The van der Waals surface area contributed by atoms with E-state index in [-0.39, 0.29) is 0 Å². The Labute approximate surface area is 208 Å². The molecule has 0 radical (unpaired) electrons. The maximum absolute atomic E-state index is 12.1. The molecule has 0 atom stereocenters. The number of benzene rings is 3. The van der Waals surface area contributed by atoms with E-state index in [1.165, 1.54) is 13.3 Å². The number of carbonyl (C=O) groups excluding carboxylic acids is 1. The second kappa shape index (κ2) is 11.4. The van der Waals surface area contributed by atoms with Gasteiger partial charge in [-0.1, -0.05) is 55.6 Å². The molecule has 0 bridgehead atoms. The topological polar surface area (TPSA) is 72.0 Å². The van der Waals surface area contributed by atoms with Crippen molar-refractivity contribution in [3.05, 3.63) is 85.3 Å². The Morgan fingerprint density at radius 1 is 1.12 bits per heavy atom. The number of amides is 2. The lowest BCUT2D eigenvalue weighted by Gasteiger charge is -2.13. The lowest BCUT2D eigenvalue weighted by molar-refractivity contribution is 0.252. The SMILES string of the molecule is COc1cc(/C=N/NC(=O)Nc2ccc(Br)c(C)c2)cc(Cl)c1OCc1ccc(Br)cc1. The Kier molecular flexibility index (Phi) is 8.55. The number of aryl methyl sites for hydroxylation is 1. The average Bonchev–Trinajstić information content (AvgIpc) is 2.76. The molecule has 0 aliphatic rings. The number of urea groups is 1. The van der Waals surface area contributed by atoms with Crippen LogP contribution in [0.3, 0.4) is 0 Å². The van der Waals surface area contributed by atoms with Crippen molar-refractivity contribution >= 4 is 61.4 Å². The van der Waals surface area contributed by atoms with E-state index in [4.69, 9.17) is 21.1 Å². The fraction of sp³-hybridized carbons (Fsp3) is 0.130. The van der Waals surface area contributed by atoms with Crippen molar-refractivity contribution in [1.29, 1.82) is 0 Å². The van der Waals surface area contributed by atoms with Crippen molar-refractivity contribution in [2.75, 3.05) is 12.4 Å². The van der Waals surface area contributed by atoms with Crippen molar-refractivity contribution in [3.8, 4) is 11.5 Å². The van der Waals surface area contributed by atoms with Crippen LogP contribution in [0.1, 0.15) is 16.7 Å². The van der Waals surface area contributed by atoms with Crippen LogP contribution in [0.5, 0.6) is 11.5 Å². The molecule has 0 saturated carbocycles. The summed E-state index contributed by atoms with van der Waals surface area (Å²) >= 11 is 13.2. The molecular formula is C23H20Br2ClN3O3. The number of hydrazone groups is 1. The minimum atomic E-state index is -0.463. The van der Waals surface area contributed by atoms with Crippen molar-refractivity contribution in [2.45, 2.75) is 13.5 Å². The number of rotatable bonds is 7. The van der Waals surface area contributed by atoms with Crippen molar-refractivity contribution in [2.24, 2.45) is 5.10 Å². The predicted octanol–water partition coefficient (Wildman–Crippen LogP) is 6.92. The predicted molar refractivity (Wildman–Crippen MR) is 135 cm³/mol. The van der Waals surface area contributed by atoms with Gasteiger partial charge in [0.25, 0.3) is 0 Å². The lowest BCUT2D eigenvalue weighted by Crippen LogP contribution is -2.24. The van der Waals surface area contributed by atoms with Crippen LogP contribution in [0, 0.1) is 6.92 Å². The molecule has 3 aromatic rings. The Bertz CT molecular complexity index is 1140. The highest BCUT2D eigenvalue weighted by atomic mass is 79.9. The van der Waals surface area contributed by atoms with Crippen molar-refractivity contribution in [1.82, 2.24) is 5.43 Å². The van der Waals surface area contributed by atoms with E-state index in [1.54, 1.807) is 18.2 Å². The summed E-state index contributed by atoms with van der Waals surface area (Å²) in [6.45, 7) is 2.28. The highest BCUT2D eigenvalue weighted by molar-refractivity contribution is 9.10. The van der Waals surface area contributed by atoms with Crippen LogP contribution < -0.4 is 20.2 Å². The smallest absolute Gasteiger partial charge is 0.339 e. The van der Waals surface area contributed by atoms with Crippen LogP contribution in [0.4, 0.5) is 10.5 Å². The third kappa shape index (κ3) is 6.72. The monoisotopic (exact) mass is 579 g/mol. The number of nitrogens with one attached hydrogen (secondary N) is 2. The van der Waals surface area contributed by atoms with Gasteiger partial charge >= 0.3 is 6.03 Å². The Balaban J connectivity index is 1.62. The Hall–Kier alpha value is -2.55. The van der Waals surface area contributed by atoms with Crippen LogP contribution in [-0.4, -0.2) is 19.4 Å². The van der Waals surface area contributed by atoms with Gasteiger partial charge in [0.05, 0.1) is 18.3 Å². The quantitative estimate of drug-likeness (QED) is 0.235. The van der Waals surface area contributed by atoms with Gasteiger partial charge in [-0.2, -0.15) is 5.10 Å². The fourth-order valence-corrected chi connectivity index (χ4v) is 3.52. The standard InChI is InChI=1S/C23H20Br2ClN3O3/c1-14-9-18(7-8-19(14)25)28-23(30)29-27-12-16-10-20(26)22(21(11-16)31-2)32-13-15-3-5-17(24)6-4-15/h3-12H,13H2,1-2H3,(H2,28,29,30)/b27-12+. The average molecular weight is 582 g/mol. The molecule has 0 aliphatic carbocycles. The summed E-state index contributed by atoms with van der Waals surface area (Å²) in [5.74, 6) is 0.899. The molecule has 3 rings (SSSR count). The number of hydrogen-bond donors (Lipinski definition) is 2. The minimum Gasteiger partial charge on any atom is -0.493 e. The van der Waals surface area contributed by atoms with Gasteiger partial charge in [-0.25, -0.2) is 10.2 Å². The number of halogens is 3. The molecule has 0 spiro atoms. The first kappa shape index (κ1) is 24.1. The van der Waals surface area contributed by atoms with E-state index in [0.29, 0.717) is 34.4 Å². The van der Waals surface area contributed by atoms with Gasteiger partial charge in [0.15, 0.2) is 11.5 Å². The summed E-state index contributed by atoms with van der Waals surface area (Å²) in [6.07, 6.45) is 1.47. The second-order valence-electron chi connectivity index (χ2n) is 6.74. The van der Waals surface area contributed by atoms with Gasteiger partial charge in [-0.15, -0.1) is 0 Å². The summed E-state index contributed by atoms with van der Waals surface area (Å²) in [6, 6.07) is 16.2. The fourth-order valence-electron chi connectivity index (χ4n) is 2.74. The molecule has 0 heterocycles. The Morgan fingerprint density at radius 2 is 1.88 bits per heavy atom. The first-order valence-corrected chi connectivity index (χ1v) is 11.4. The van der Waals surface area contributed by atoms with Gasteiger partial charge < -0.3 is 14.8 Å². The van der Waals surface area contributed by atoms with E-state index >= 15 is 0 Å². The highest BCUT2D eigenvalue weighted by Crippen LogP contribution is 2.36. The zero-order valence-electron chi connectivity index (χ0n) is 17.3. The Morgan fingerprint density at radius 3 is 2.56 bits per heavy atom. The molecule has 0 unspecified atom stereocenters. The molecule has 0 aromatic heterocycles. The largest absolute Gasteiger partial charge is 0.493 e. The molecular weight excluding hydrogens is 562 g/mol. The molecule has 2 amide bonds. The molecule has 0 saturated heterocycles. The van der Waals surface area contributed by atoms with Crippen molar-refractivity contribution in [3.63, 3.8) is 0 Å². The number of anilines is 1. The van der Waals surface area contributed by atoms with Gasteiger partial charge in [0.1, 0.15) is 6.61 Å². The second-order valence-corrected chi connectivity index (χ2v) is 8.91. The zero-order valence-corrected chi connectivity index (χ0v) is 21.2. The third-order valence-corrected chi connectivity index (χ3v) is 6.04. The maximum Gasteiger partial charge on any atom is 0.339 e. The number of carbonyl (C=O) groups is 1. The summed E-state index contributed by atoms with van der Waals surface area (Å²) in [5.41, 5.74) is 5.73. The zero-order chi connectivity index (χ0) is 23.1. The van der Waals surface area contributed by atoms with E-state index in [9.17, 15) is 4.79 Å². The first-order chi connectivity index (χ1) is 15.4. The van der Waals surface area contributed by atoms with Crippen molar-refractivity contribution < 1.29 is 14.3 Å². The maximum atomic E-state index is 12.1. The minimum absolute atomic E-state index is 0.341. The summed E-state index contributed by atoms with van der Waals surface area (Å²) in [4.78, 5) is 12.1. The van der Waals surface area contributed by atoms with E-state index < -0.39 is 6.03 Å². The van der Waals surface area contributed by atoms with Gasteiger partial charge in [0.2, 0.25) is 0 Å². The summed E-state index contributed by atoms with van der Waals surface area (Å²) in [7, 11) is 1.53. The van der Waals surface area contributed by atoms with Crippen LogP contribution >= 0.6 is 43.5 Å². The number of nitrogens with zero attached hydrogens (tertiary/aromatic N) is 1. The lowest BCUT2D eigenvalue weighted by atomic mass is 10.2. The van der Waals surface area contributed by atoms with Crippen LogP contribution in [0.15, 0.2) is 68.6 Å². The number of methoxy groups -OCH3 is 1. The summed E-state index contributed by atoms with van der Waals surface area (Å²) < 4.78 is 13.3. The third-order valence-electron chi connectivity index (χ3n) is 4.34. The first-order valence-electron chi connectivity index (χ1n) is 9.46. The van der Waals surface area contributed by atoms with Gasteiger partial charge in [-0.05, 0) is 66.1 Å². The van der Waals surface area contributed by atoms with Gasteiger partial charge in [0, 0.05) is 14.6 Å². The number of ether oxygens (including phenoxy) is 2. The normalized spacial score (nSPS) is 10.8. The molecule has 0 aliphatic heterocycles. The molecule has 0 fully saturated rings. The van der Waals surface area contributed by atoms with E-state index in [0.717, 1.165) is 20.1 Å². The summed E-state index contributed by atoms with van der Waals surface area (Å²) in [5, 5.41) is 7.06. The van der Waals surface area contributed by atoms with Crippen LogP contribution in [-0.2, 0) is 6.61 Å². The molecule has 6 nitrogen and oxygen atoms in total. The molecule has 3 aromatic carbocycles. The highest BCUT2D eigenvalue weighted by Gasteiger charge is 2.12. The van der Waals surface area contributed by atoms with Crippen LogP contribution in [0.25, 0.3) is 0 Å². The number of hydrogen-bond acceptors (Lipinski definition) is 4.